The average Bonchev–Trinajstić information content (AvgIpc) is 2.25. The second-order valence-corrected chi connectivity index (χ2v) is 4.61. The highest BCUT2D eigenvalue weighted by molar-refractivity contribution is 7.80. The van der Waals surface area contributed by atoms with Crippen molar-refractivity contribution in [3.05, 3.63) is 0 Å². The Morgan fingerprint density at radius 2 is 2.20 bits per heavy atom. The maximum atomic E-state index is 5.82. The fourth-order valence-electron chi connectivity index (χ4n) is 1.73. The summed E-state index contributed by atoms with van der Waals surface area (Å²) >= 11 is 4.89. The maximum Gasteiger partial charge on any atom is 0.0753 e. The summed E-state index contributed by atoms with van der Waals surface area (Å²) in [5.41, 5.74) is 5.51. The molecule has 1 rings (SSSR count). The van der Waals surface area contributed by atoms with Crippen LogP contribution < -0.4 is 5.73 Å². The molecule has 0 saturated carbocycles. The predicted octanol–water partition coefficient (Wildman–Crippen LogP) is 1.88. The standard InChI is InChI=1S/C11H21NO2S/c1-2-10(7-11(12)15)14-8-9-3-5-13-6-4-9/h9-10H,2-8H2,1H3,(H2,12,15). The number of nitrogens with two attached hydrogens (primary N) is 1. The Labute approximate surface area is 97.3 Å². The molecule has 0 radical (unpaired) electrons. The van der Waals surface area contributed by atoms with Crippen LogP contribution in [0, 0.1) is 5.92 Å². The maximum absolute atomic E-state index is 5.82. The van der Waals surface area contributed by atoms with Gasteiger partial charge in [-0.05, 0) is 25.2 Å². The SMILES string of the molecule is CCC(CC(N)=S)OCC1CCOCC1. The van der Waals surface area contributed by atoms with Crippen molar-refractivity contribution in [1.29, 1.82) is 0 Å². The molecule has 0 bridgehead atoms. The smallest absolute Gasteiger partial charge is 0.0753 e. The van der Waals surface area contributed by atoms with Gasteiger partial charge in [-0.2, -0.15) is 0 Å². The van der Waals surface area contributed by atoms with E-state index in [1.54, 1.807) is 0 Å². The molecule has 0 spiro atoms. The Balaban J connectivity index is 2.17. The van der Waals surface area contributed by atoms with Gasteiger partial charge in [0, 0.05) is 26.2 Å². The van der Waals surface area contributed by atoms with Crippen molar-refractivity contribution in [3.63, 3.8) is 0 Å². The summed E-state index contributed by atoms with van der Waals surface area (Å²) in [6.45, 7) is 4.68. The van der Waals surface area contributed by atoms with Gasteiger partial charge in [-0.15, -0.1) is 0 Å². The van der Waals surface area contributed by atoms with Gasteiger partial charge >= 0.3 is 0 Å². The van der Waals surface area contributed by atoms with Gasteiger partial charge in [0.2, 0.25) is 0 Å². The van der Waals surface area contributed by atoms with Crippen molar-refractivity contribution >= 4 is 17.2 Å². The zero-order chi connectivity index (χ0) is 11.1. The second-order valence-electron chi connectivity index (χ2n) is 4.09. The Morgan fingerprint density at radius 1 is 1.53 bits per heavy atom. The lowest BCUT2D eigenvalue weighted by atomic mass is 10.0. The molecule has 3 nitrogen and oxygen atoms in total. The number of hydrogen-bond donors (Lipinski definition) is 1. The lowest BCUT2D eigenvalue weighted by molar-refractivity contribution is -0.00934. The molecular formula is C11H21NO2S. The Kier molecular flexibility index (Phi) is 6.13. The van der Waals surface area contributed by atoms with Crippen LogP contribution in [0.2, 0.25) is 0 Å². The summed E-state index contributed by atoms with van der Waals surface area (Å²) in [5, 5.41) is 0. The summed E-state index contributed by atoms with van der Waals surface area (Å²) in [7, 11) is 0. The van der Waals surface area contributed by atoms with Crippen LogP contribution in [-0.4, -0.2) is 30.9 Å². The van der Waals surface area contributed by atoms with Crippen LogP contribution in [0.5, 0.6) is 0 Å². The molecule has 1 heterocycles. The van der Waals surface area contributed by atoms with Crippen molar-refractivity contribution in [1.82, 2.24) is 0 Å². The Morgan fingerprint density at radius 3 is 2.73 bits per heavy atom. The van der Waals surface area contributed by atoms with E-state index in [9.17, 15) is 0 Å². The van der Waals surface area contributed by atoms with Gasteiger partial charge < -0.3 is 15.2 Å². The van der Waals surface area contributed by atoms with E-state index in [1.165, 1.54) is 0 Å². The highest BCUT2D eigenvalue weighted by Gasteiger charge is 2.16. The first-order chi connectivity index (χ1) is 7.22. The van der Waals surface area contributed by atoms with Crippen molar-refractivity contribution in [2.75, 3.05) is 19.8 Å². The Hall–Kier alpha value is -0.190. The molecule has 0 aromatic carbocycles. The average molecular weight is 231 g/mol. The van der Waals surface area contributed by atoms with Crippen molar-refractivity contribution in [2.24, 2.45) is 11.7 Å². The minimum Gasteiger partial charge on any atom is -0.393 e. The second kappa shape index (κ2) is 7.14. The normalized spacial score (nSPS) is 20.1. The van der Waals surface area contributed by atoms with Crippen LogP contribution in [-0.2, 0) is 9.47 Å². The summed E-state index contributed by atoms with van der Waals surface area (Å²) in [5.74, 6) is 0.652. The first-order valence-electron chi connectivity index (χ1n) is 5.70. The molecule has 1 fully saturated rings. The third kappa shape index (κ3) is 5.44. The van der Waals surface area contributed by atoms with Crippen LogP contribution >= 0.6 is 12.2 Å². The zero-order valence-electron chi connectivity index (χ0n) is 9.41. The van der Waals surface area contributed by atoms with Crippen LogP contribution in [0.15, 0.2) is 0 Å². The molecule has 0 aromatic heterocycles. The molecule has 1 aliphatic heterocycles. The summed E-state index contributed by atoms with van der Waals surface area (Å²) in [6, 6.07) is 0. The molecular weight excluding hydrogens is 210 g/mol. The van der Waals surface area contributed by atoms with Gasteiger partial charge in [0.25, 0.3) is 0 Å². The molecule has 2 N–H and O–H groups in total. The van der Waals surface area contributed by atoms with Gasteiger partial charge in [-0.25, -0.2) is 0 Å². The van der Waals surface area contributed by atoms with E-state index in [0.29, 0.717) is 17.3 Å². The molecule has 1 saturated heterocycles. The van der Waals surface area contributed by atoms with E-state index in [2.05, 4.69) is 6.92 Å². The quantitative estimate of drug-likeness (QED) is 0.709. The topological polar surface area (TPSA) is 44.5 Å². The highest BCUT2D eigenvalue weighted by Crippen LogP contribution is 2.16. The number of thiocarbonyl (C=S) groups is 1. The molecule has 1 atom stereocenters. The molecule has 0 aliphatic carbocycles. The third-order valence-electron chi connectivity index (χ3n) is 2.79. The first kappa shape index (κ1) is 12.9. The highest BCUT2D eigenvalue weighted by atomic mass is 32.1. The fraction of sp³-hybridized carbons (Fsp3) is 0.909. The molecule has 1 unspecified atom stereocenters. The van der Waals surface area contributed by atoms with E-state index in [0.717, 1.165) is 39.1 Å². The minimum atomic E-state index is 0.199. The minimum absolute atomic E-state index is 0.199. The summed E-state index contributed by atoms with van der Waals surface area (Å²) in [6.07, 6.45) is 4.10. The predicted molar refractivity (Wildman–Crippen MR) is 65.0 cm³/mol. The van der Waals surface area contributed by atoms with Crippen molar-refractivity contribution in [2.45, 2.75) is 38.7 Å². The lowest BCUT2D eigenvalue weighted by Crippen LogP contribution is -2.26. The zero-order valence-corrected chi connectivity index (χ0v) is 10.2. The molecule has 88 valence electrons. The lowest BCUT2D eigenvalue weighted by Gasteiger charge is -2.24. The molecule has 1 aliphatic rings. The summed E-state index contributed by atoms with van der Waals surface area (Å²) in [4.78, 5) is 0.550. The van der Waals surface area contributed by atoms with Crippen LogP contribution in [0.4, 0.5) is 0 Å². The molecule has 4 heteroatoms. The van der Waals surface area contributed by atoms with E-state index in [-0.39, 0.29) is 6.10 Å². The van der Waals surface area contributed by atoms with Gasteiger partial charge in [0.05, 0.1) is 11.1 Å². The van der Waals surface area contributed by atoms with Crippen LogP contribution in [0.1, 0.15) is 32.6 Å². The monoisotopic (exact) mass is 231 g/mol. The summed E-state index contributed by atoms with van der Waals surface area (Å²) < 4.78 is 11.1. The molecule has 0 aromatic rings. The Bertz CT molecular complexity index is 193. The number of rotatable bonds is 6. The van der Waals surface area contributed by atoms with Crippen molar-refractivity contribution in [3.8, 4) is 0 Å². The van der Waals surface area contributed by atoms with Crippen molar-refractivity contribution < 1.29 is 9.47 Å². The van der Waals surface area contributed by atoms with Crippen LogP contribution in [0.3, 0.4) is 0 Å². The van der Waals surface area contributed by atoms with Gasteiger partial charge in [-0.1, -0.05) is 19.1 Å². The fourth-order valence-corrected chi connectivity index (χ4v) is 1.92. The first-order valence-corrected chi connectivity index (χ1v) is 6.10. The largest absolute Gasteiger partial charge is 0.393 e. The number of ether oxygens (including phenoxy) is 2. The number of hydrogen-bond acceptors (Lipinski definition) is 3. The van der Waals surface area contributed by atoms with E-state index < -0.39 is 0 Å². The van der Waals surface area contributed by atoms with Crippen LogP contribution in [0.25, 0.3) is 0 Å². The molecule has 0 amide bonds. The molecule has 15 heavy (non-hydrogen) atoms. The van der Waals surface area contributed by atoms with Gasteiger partial charge in [-0.3, -0.25) is 0 Å². The van der Waals surface area contributed by atoms with Gasteiger partial charge in [0.1, 0.15) is 0 Å². The third-order valence-corrected chi connectivity index (χ3v) is 2.96. The van der Waals surface area contributed by atoms with E-state index in [1.807, 2.05) is 0 Å². The van der Waals surface area contributed by atoms with Gasteiger partial charge in [0.15, 0.2) is 0 Å². The van der Waals surface area contributed by atoms with E-state index in [4.69, 9.17) is 27.4 Å². The van der Waals surface area contributed by atoms with E-state index >= 15 is 0 Å².